The minimum absolute atomic E-state index is 0.120. The smallest absolute Gasteiger partial charge is 0.333 e. The van der Waals surface area contributed by atoms with Crippen molar-refractivity contribution >= 4 is 23.4 Å². The third kappa shape index (κ3) is 3.21. The molecule has 5 nitrogen and oxygen atoms in total. The Hall–Kier alpha value is -2.21. The lowest BCUT2D eigenvalue weighted by atomic mass is 10.1. The van der Waals surface area contributed by atoms with Crippen molar-refractivity contribution in [3.05, 3.63) is 53.2 Å². The average molecular weight is 296 g/mol. The molecule has 1 aromatic carbocycles. The molecule has 1 heterocycles. The molecule has 0 radical (unpaired) electrons. The molecule has 0 saturated carbocycles. The molecule has 0 spiro atoms. The summed E-state index contributed by atoms with van der Waals surface area (Å²) in [5.41, 5.74) is 0.619. The molecule has 7 heteroatoms. The molecule has 0 saturated heterocycles. The van der Waals surface area contributed by atoms with Gasteiger partial charge in [0.05, 0.1) is 13.3 Å². The highest BCUT2D eigenvalue weighted by atomic mass is 35.5. The van der Waals surface area contributed by atoms with E-state index in [1.54, 1.807) is 30.3 Å². The van der Waals surface area contributed by atoms with Crippen molar-refractivity contribution in [3.63, 3.8) is 0 Å². The molecular formula is C13H11ClFN3O2. The number of anilines is 1. The van der Waals surface area contributed by atoms with Gasteiger partial charge >= 0.3 is 5.97 Å². The third-order valence-corrected chi connectivity index (χ3v) is 2.75. The molecule has 0 amide bonds. The normalized spacial score (nSPS) is 11.8. The predicted molar refractivity (Wildman–Crippen MR) is 71.8 cm³/mol. The van der Waals surface area contributed by atoms with Gasteiger partial charge in [0.2, 0.25) is 5.28 Å². The van der Waals surface area contributed by atoms with Gasteiger partial charge < -0.3 is 10.1 Å². The van der Waals surface area contributed by atoms with E-state index in [0.29, 0.717) is 5.56 Å². The third-order valence-electron chi connectivity index (χ3n) is 2.57. The zero-order valence-electron chi connectivity index (χ0n) is 10.5. The molecule has 0 aliphatic carbocycles. The SMILES string of the molecule is COC(=O)C(Nc1nc(Cl)ncc1F)c1ccccc1. The summed E-state index contributed by atoms with van der Waals surface area (Å²) in [7, 11) is 1.25. The van der Waals surface area contributed by atoms with Gasteiger partial charge in [-0.2, -0.15) is 4.98 Å². The lowest BCUT2D eigenvalue weighted by Crippen LogP contribution is -2.23. The fourth-order valence-electron chi connectivity index (χ4n) is 1.63. The first-order valence-corrected chi connectivity index (χ1v) is 6.07. The minimum atomic E-state index is -0.887. The van der Waals surface area contributed by atoms with Crippen LogP contribution in [0.5, 0.6) is 0 Å². The van der Waals surface area contributed by atoms with E-state index >= 15 is 0 Å². The molecule has 1 aromatic heterocycles. The molecule has 2 aromatic rings. The molecule has 0 fully saturated rings. The molecule has 1 atom stereocenters. The van der Waals surface area contributed by atoms with Crippen molar-refractivity contribution < 1.29 is 13.9 Å². The van der Waals surface area contributed by atoms with E-state index in [2.05, 4.69) is 15.3 Å². The highest BCUT2D eigenvalue weighted by Crippen LogP contribution is 2.22. The van der Waals surface area contributed by atoms with Crippen molar-refractivity contribution in [2.45, 2.75) is 6.04 Å². The maximum Gasteiger partial charge on any atom is 0.333 e. The maximum atomic E-state index is 13.6. The number of esters is 1. The first-order chi connectivity index (χ1) is 9.61. The number of carbonyl (C=O) groups excluding carboxylic acids is 1. The Balaban J connectivity index is 2.34. The number of hydrogen-bond donors (Lipinski definition) is 1. The summed E-state index contributed by atoms with van der Waals surface area (Å²) in [6, 6.07) is 7.87. The maximum absolute atomic E-state index is 13.6. The van der Waals surface area contributed by atoms with E-state index in [9.17, 15) is 9.18 Å². The Kier molecular flexibility index (Phi) is 4.47. The molecule has 0 aliphatic rings. The Morgan fingerprint density at radius 2 is 2.10 bits per heavy atom. The predicted octanol–water partition coefficient (Wildman–Crippen LogP) is 2.60. The second kappa shape index (κ2) is 6.29. The van der Waals surface area contributed by atoms with Gasteiger partial charge in [-0.3, -0.25) is 0 Å². The van der Waals surface area contributed by atoms with Crippen LogP contribution in [0.1, 0.15) is 11.6 Å². The van der Waals surface area contributed by atoms with Crippen LogP contribution in [0.15, 0.2) is 36.5 Å². The fraction of sp³-hybridized carbons (Fsp3) is 0.154. The van der Waals surface area contributed by atoms with Crippen molar-refractivity contribution in [2.24, 2.45) is 0 Å². The number of benzene rings is 1. The van der Waals surface area contributed by atoms with Crippen LogP contribution in [0.3, 0.4) is 0 Å². The van der Waals surface area contributed by atoms with Gasteiger partial charge in [0.1, 0.15) is 0 Å². The van der Waals surface area contributed by atoms with Crippen molar-refractivity contribution in [2.75, 3.05) is 12.4 Å². The van der Waals surface area contributed by atoms with E-state index in [1.165, 1.54) is 7.11 Å². The number of rotatable bonds is 4. The molecule has 20 heavy (non-hydrogen) atoms. The number of nitrogens with zero attached hydrogens (tertiary/aromatic N) is 2. The molecular weight excluding hydrogens is 285 g/mol. The van der Waals surface area contributed by atoms with E-state index in [-0.39, 0.29) is 11.1 Å². The fourth-order valence-corrected chi connectivity index (χ4v) is 1.76. The lowest BCUT2D eigenvalue weighted by molar-refractivity contribution is -0.141. The van der Waals surface area contributed by atoms with Crippen LogP contribution in [0.2, 0.25) is 5.28 Å². The largest absolute Gasteiger partial charge is 0.467 e. The average Bonchev–Trinajstić information content (AvgIpc) is 2.48. The molecule has 0 bridgehead atoms. The standard InChI is InChI=1S/C13H11ClFN3O2/c1-20-12(19)10(8-5-3-2-4-6-8)17-11-9(15)7-16-13(14)18-11/h2-7,10H,1H3,(H,16,17,18). The number of hydrogen-bond acceptors (Lipinski definition) is 5. The second-order valence-electron chi connectivity index (χ2n) is 3.85. The van der Waals surface area contributed by atoms with Crippen LogP contribution in [0.25, 0.3) is 0 Å². The zero-order valence-corrected chi connectivity index (χ0v) is 11.3. The summed E-state index contributed by atoms with van der Waals surface area (Å²) in [4.78, 5) is 19.1. The number of carbonyl (C=O) groups is 1. The van der Waals surface area contributed by atoms with Crippen LogP contribution >= 0.6 is 11.6 Å². The summed E-state index contributed by atoms with van der Waals surface area (Å²) in [6.07, 6.45) is 0.928. The van der Waals surface area contributed by atoms with Gasteiger partial charge in [-0.25, -0.2) is 14.2 Å². The van der Waals surface area contributed by atoms with Gasteiger partial charge in [0.25, 0.3) is 0 Å². The van der Waals surface area contributed by atoms with Crippen LogP contribution in [0.4, 0.5) is 10.2 Å². The zero-order chi connectivity index (χ0) is 14.5. The van der Waals surface area contributed by atoms with Gasteiger partial charge in [0.15, 0.2) is 17.7 Å². The second-order valence-corrected chi connectivity index (χ2v) is 4.18. The van der Waals surface area contributed by atoms with E-state index in [4.69, 9.17) is 16.3 Å². The van der Waals surface area contributed by atoms with E-state index in [0.717, 1.165) is 6.20 Å². The van der Waals surface area contributed by atoms with Crippen LogP contribution in [0, 0.1) is 5.82 Å². The summed E-state index contributed by atoms with van der Waals surface area (Å²) in [5.74, 6) is -1.44. The van der Waals surface area contributed by atoms with Crippen LogP contribution in [-0.2, 0) is 9.53 Å². The summed E-state index contributed by atoms with van der Waals surface area (Å²) >= 11 is 5.61. The Morgan fingerprint density at radius 3 is 2.75 bits per heavy atom. The molecule has 2 rings (SSSR count). The minimum Gasteiger partial charge on any atom is -0.467 e. The van der Waals surface area contributed by atoms with Crippen molar-refractivity contribution in [1.82, 2.24) is 9.97 Å². The topological polar surface area (TPSA) is 64.1 Å². The molecule has 1 unspecified atom stereocenters. The van der Waals surface area contributed by atoms with Crippen LogP contribution < -0.4 is 5.32 Å². The van der Waals surface area contributed by atoms with Crippen molar-refractivity contribution in [1.29, 1.82) is 0 Å². The number of methoxy groups -OCH3 is 1. The lowest BCUT2D eigenvalue weighted by Gasteiger charge is -2.17. The first kappa shape index (κ1) is 14.2. The van der Waals surface area contributed by atoms with Crippen molar-refractivity contribution in [3.8, 4) is 0 Å². The first-order valence-electron chi connectivity index (χ1n) is 5.69. The molecule has 0 aliphatic heterocycles. The van der Waals surface area contributed by atoms with E-state index < -0.39 is 17.8 Å². The Morgan fingerprint density at radius 1 is 1.40 bits per heavy atom. The summed E-state index contributed by atoms with van der Waals surface area (Å²) in [6.45, 7) is 0. The van der Waals surface area contributed by atoms with Gasteiger partial charge in [-0.1, -0.05) is 30.3 Å². The summed E-state index contributed by atoms with van der Waals surface area (Å²) in [5, 5.41) is 2.55. The highest BCUT2D eigenvalue weighted by Gasteiger charge is 2.23. The monoisotopic (exact) mass is 295 g/mol. The number of aromatic nitrogens is 2. The number of halogens is 2. The molecule has 104 valence electrons. The molecule has 1 N–H and O–H groups in total. The van der Waals surface area contributed by atoms with Gasteiger partial charge in [-0.15, -0.1) is 0 Å². The Bertz CT molecular complexity index is 610. The highest BCUT2D eigenvalue weighted by molar-refractivity contribution is 6.28. The Labute approximate surface area is 119 Å². The quantitative estimate of drug-likeness (QED) is 0.694. The number of nitrogens with one attached hydrogen (secondary N) is 1. The van der Waals surface area contributed by atoms with Gasteiger partial charge in [-0.05, 0) is 17.2 Å². The van der Waals surface area contributed by atoms with E-state index in [1.807, 2.05) is 0 Å². The van der Waals surface area contributed by atoms with Gasteiger partial charge in [0, 0.05) is 0 Å². The number of ether oxygens (including phenoxy) is 1. The summed E-state index contributed by atoms with van der Waals surface area (Å²) < 4.78 is 18.3. The van der Waals surface area contributed by atoms with Crippen LogP contribution in [-0.4, -0.2) is 23.0 Å².